The van der Waals surface area contributed by atoms with Crippen LogP contribution in [0.5, 0.6) is 5.75 Å². The van der Waals surface area contributed by atoms with Gasteiger partial charge in [0.15, 0.2) is 0 Å². The minimum Gasteiger partial charge on any atom is -0.494 e. The van der Waals surface area contributed by atoms with Gasteiger partial charge in [-0.2, -0.15) is 0 Å². The number of ether oxygens (including phenoxy) is 1. The van der Waals surface area contributed by atoms with Crippen LogP contribution in [0.4, 0.5) is 5.69 Å². The molecule has 156 valence electrons. The van der Waals surface area contributed by atoms with Crippen molar-refractivity contribution in [3.8, 4) is 5.75 Å². The second-order valence-electron chi connectivity index (χ2n) is 7.48. The number of amides is 3. The van der Waals surface area contributed by atoms with Crippen molar-refractivity contribution in [3.63, 3.8) is 0 Å². The first kappa shape index (κ1) is 19.5. The van der Waals surface area contributed by atoms with E-state index in [0.29, 0.717) is 42.3 Å². The zero-order valence-electron chi connectivity index (χ0n) is 17.0. The highest BCUT2D eigenvalue weighted by molar-refractivity contribution is 7.10. The molecular weight excluding hydrogens is 412 g/mol. The van der Waals surface area contributed by atoms with E-state index in [1.807, 2.05) is 12.3 Å². The second kappa shape index (κ2) is 7.67. The summed E-state index contributed by atoms with van der Waals surface area (Å²) in [6, 6.07) is 13.7. The van der Waals surface area contributed by atoms with Crippen LogP contribution >= 0.6 is 11.3 Å². The van der Waals surface area contributed by atoms with Gasteiger partial charge in [-0.15, -0.1) is 11.3 Å². The first-order valence-electron chi connectivity index (χ1n) is 10.2. The van der Waals surface area contributed by atoms with E-state index in [-0.39, 0.29) is 17.4 Å². The van der Waals surface area contributed by atoms with Crippen molar-refractivity contribution in [2.75, 3.05) is 18.1 Å². The Morgan fingerprint density at radius 2 is 1.81 bits per heavy atom. The van der Waals surface area contributed by atoms with E-state index in [1.165, 1.54) is 10.4 Å². The summed E-state index contributed by atoms with van der Waals surface area (Å²) in [7, 11) is 0. The summed E-state index contributed by atoms with van der Waals surface area (Å²) in [4.78, 5) is 43.3. The van der Waals surface area contributed by atoms with Gasteiger partial charge >= 0.3 is 0 Å². The molecule has 0 fully saturated rings. The number of imide groups is 1. The number of benzene rings is 2. The number of thiophene rings is 1. The van der Waals surface area contributed by atoms with Crippen LogP contribution in [0.15, 0.2) is 53.9 Å². The van der Waals surface area contributed by atoms with Crippen molar-refractivity contribution in [1.82, 2.24) is 4.90 Å². The van der Waals surface area contributed by atoms with E-state index in [1.54, 1.807) is 58.7 Å². The molecule has 2 aliphatic rings. The van der Waals surface area contributed by atoms with E-state index in [4.69, 9.17) is 4.74 Å². The van der Waals surface area contributed by atoms with Gasteiger partial charge in [-0.3, -0.25) is 14.4 Å². The highest BCUT2D eigenvalue weighted by atomic mass is 32.1. The molecule has 0 saturated heterocycles. The van der Waals surface area contributed by atoms with Crippen molar-refractivity contribution in [2.45, 2.75) is 19.9 Å². The molecule has 0 atom stereocenters. The lowest BCUT2D eigenvalue weighted by Crippen LogP contribution is -2.35. The Balaban J connectivity index is 1.40. The summed E-state index contributed by atoms with van der Waals surface area (Å²) in [6.45, 7) is 3.64. The zero-order valence-corrected chi connectivity index (χ0v) is 17.8. The predicted molar refractivity (Wildman–Crippen MR) is 118 cm³/mol. The molecule has 31 heavy (non-hydrogen) atoms. The van der Waals surface area contributed by atoms with E-state index in [2.05, 4.69) is 6.07 Å². The van der Waals surface area contributed by atoms with Crippen LogP contribution in [0.25, 0.3) is 0 Å². The quantitative estimate of drug-likeness (QED) is 0.581. The summed E-state index contributed by atoms with van der Waals surface area (Å²) in [5.41, 5.74) is 2.65. The summed E-state index contributed by atoms with van der Waals surface area (Å²) in [5, 5.41) is 2.05. The van der Waals surface area contributed by atoms with Crippen molar-refractivity contribution < 1.29 is 19.1 Å². The summed E-state index contributed by atoms with van der Waals surface area (Å²) in [6.07, 6.45) is 0.840. The topological polar surface area (TPSA) is 66.9 Å². The normalized spacial score (nSPS) is 15.1. The fourth-order valence-corrected chi connectivity index (χ4v) is 4.96. The third-order valence-corrected chi connectivity index (χ3v) is 6.66. The predicted octanol–water partition coefficient (Wildman–Crippen LogP) is 4.15. The molecule has 0 spiro atoms. The molecule has 2 aromatic carbocycles. The Morgan fingerprint density at radius 1 is 1.03 bits per heavy atom. The van der Waals surface area contributed by atoms with Gasteiger partial charge in [0.2, 0.25) is 0 Å². The average molecular weight is 433 g/mol. The van der Waals surface area contributed by atoms with Gasteiger partial charge in [0.25, 0.3) is 17.7 Å². The molecule has 5 rings (SSSR count). The minimum atomic E-state index is -0.419. The lowest BCUT2D eigenvalue weighted by atomic mass is 10.0. The zero-order chi connectivity index (χ0) is 21.5. The number of rotatable bonds is 4. The highest BCUT2D eigenvalue weighted by Crippen LogP contribution is 2.31. The second-order valence-corrected chi connectivity index (χ2v) is 8.48. The number of nitrogens with zero attached hydrogens (tertiary/aromatic N) is 2. The third-order valence-electron chi connectivity index (χ3n) is 5.63. The lowest BCUT2D eigenvalue weighted by Gasteiger charge is -2.27. The van der Waals surface area contributed by atoms with Crippen molar-refractivity contribution in [2.24, 2.45) is 0 Å². The van der Waals surface area contributed by atoms with Crippen LogP contribution in [0.1, 0.15) is 48.4 Å². The van der Waals surface area contributed by atoms with Crippen LogP contribution in [-0.4, -0.2) is 35.8 Å². The maximum Gasteiger partial charge on any atom is 0.266 e. The van der Waals surface area contributed by atoms with Crippen molar-refractivity contribution in [3.05, 3.63) is 81.0 Å². The van der Waals surface area contributed by atoms with Crippen LogP contribution in [0.3, 0.4) is 0 Å². The maximum atomic E-state index is 13.1. The van der Waals surface area contributed by atoms with Crippen LogP contribution < -0.4 is 9.64 Å². The number of anilines is 1. The van der Waals surface area contributed by atoms with Gasteiger partial charge < -0.3 is 9.64 Å². The van der Waals surface area contributed by atoms with E-state index >= 15 is 0 Å². The van der Waals surface area contributed by atoms with Gasteiger partial charge in [-0.25, -0.2) is 4.90 Å². The number of fused-ring (bicyclic) bond motifs is 2. The molecule has 0 unspecified atom stereocenters. The molecule has 0 N–H and O–H groups in total. The standard InChI is InChI=1S/C24H20N2O4S/c1-2-30-18-6-4-17(5-7-18)26-23(28)19-8-3-15(13-20(19)24(26)29)22(27)25-11-9-21-16(14-25)10-12-31-21/h3-8,10,12-13H,2,9,11,14H2,1H3. The van der Waals surface area contributed by atoms with Gasteiger partial charge in [0.05, 0.1) is 23.4 Å². The van der Waals surface area contributed by atoms with E-state index in [9.17, 15) is 14.4 Å². The summed E-state index contributed by atoms with van der Waals surface area (Å²) >= 11 is 1.72. The minimum absolute atomic E-state index is 0.126. The Bertz CT molecular complexity index is 1200. The average Bonchev–Trinajstić information content (AvgIpc) is 3.36. The Kier molecular flexibility index (Phi) is 4.82. The number of carbonyl (C=O) groups is 3. The molecule has 3 aromatic rings. The third kappa shape index (κ3) is 3.31. The fourth-order valence-electron chi connectivity index (χ4n) is 4.07. The van der Waals surface area contributed by atoms with E-state index in [0.717, 1.165) is 11.3 Å². The molecule has 0 radical (unpaired) electrons. The SMILES string of the molecule is CCOc1ccc(N2C(=O)c3ccc(C(=O)N4CCc5sccc5C4)cc3C2=O)cc1. The Morgan fingerprint density at radius 3 is 2.58 bits per heavy atom. The molecule has 2 aliphatic heterocycles. The molecule has 0 bridgehead atoms. The van der Waals surface area contributed by atoms with Gasteiger partial charge in [0.1, 0.15) is 5.75 Å². The molecule has 7 heteroatoms. The molecule has 1 aromatic heterocycles. The number of hydrogen-bond donors (Lipinski definition) is 0. The highest BCUT2D eigenvalue weighted by Gasteiger charge is 2.37. The van der Waals surface area contributed by atoms with Crippen LogP contribution in [-0.2, 0) is 13.0 Å². The largest absolute Gasteiger partial charge is 0.494 e. The summed E-state index contributed by atoms with van der Waals surface area (Å²) in [5.74, 6) is -0.257. The fraction of sp³-hybridized carbons (Fsp3) is 0.208. The van der Waals surface area contributed by atoms with Crippen molar-refractivity contribution >= 4 is 34.7 Å². The number of carbonyl (C=O) groups excluding carboxylic acids is 3. The molecule has 0 aliphatic carbocycles. The maximum absolute atomic E-state index is 13.1. The smallest absolute Gasteiger partial charge is 0.266 e. The molecule has 3 amide bonds. The molecular formula is C24H20N2O4S. The van der Waals surface area contributed by atoms with E-state index < -0.39 is 5.91 Å². The monoisotopic (exact) mass is 432 g/mol. The molecule has 3 heterocycles. The first-order valence-corrected chi connectivity index (χ1v) is 11.0. The Hall–Kier alpha value is -3.45. The van der Waals surface area contributed by atoms with Crippen LogP contribution in [0, 0.1) is 0 Å². The van der Waals surface area contributed by atoms with Gasteiger partial charge in [-0.05, 0) is 72.8 Å². The number of hydrogen-bond acceptors (Lipinski definition) is 5. The van der Waals surface area contributed by atoms with Gasteiger partial charge in [0, 0.05) is 23.5 Å². The lowest BCUT2D eigenvalue weighted by molar-refractivity contribution is 0.0735. The molecule has 6 nitrogen and oxygen atoms in total. The first-order chi connectivity index (χ1) is 15.1. The van der Waals surface area contributed by atoms with Crippen molar-refractivity contribution in [1.29, 1.82) is 0 Å². The van der Waals surface area contributed by atoms with Gasteiger partial charge in [-0.1, -0.05) is 0 Å². The Labute approximate surface area is 183 Å². The van der Waals surface area contributed by atoms with Crippen LogP contribution in [0.2, 0.25) is 0 Å². The molecule has 0 saturated carbocycles. The summed E-state index contributed by atoms with van der Waals surface area (Å²) < 4.78 is 5.43.